The average Bonchev–Trinajstić information content (AvgIpc) is 2.77. The number of anilines is 2. The maximum absolute atomic E-state index is 12.3. The molecule has 0 amide bonds. The molecule has 1 aliphatic carbocycles. The van der Waals surface area contributed by atoms with Crippen LogP contribution in [0.15, 0.2) is 36.5 Å². The molecule has 10 nitrogen and oxygen atoms in total. The highest BCUT2D eigenvalue weighted by Crippen LogP contribution is 2.27. The normalized spacial score (nSPS) is 19.5. The van der Waals surface area contributed by atoms with E-state index in [1.807, 2.05) is 6.07 Å². The van der Waals surface area contributed by atoms with Crippen molar-refractivity contribution in [2.75, 3.05) is 24.3 Å². The number of nitro groups is 1. The first-order chi connectivity index (χ1) is 14.5. The number of hydrogen-bond acceptors (Lipinski definition) is 9. The van der Waals surface area contributed by atoms with E-state index in [0.717, 1.165) is 31.9 Å². The van der Waals surface area contributed by atoms with Crippen LogP contribution in [0.25, 0.3) is 0 Å². The molecule has 0 spiro atoms. The van der Waals surface area contributed by atoms with Crippen molar-refractivity contribution in [3.05, 3.63) is 52.2 Å². The highest BCUT2D eigenvalue weighted by atomic mass is 16.6. The predicted octanol–water partition coefficient (Wildman–Crippen LogP) is 2.64. The van der Waals surface area contributed by atoms with Crippen LogP contribution >= 0.6 is 0 Å². The number of nitrogens with one attached hydrogen (secondary N) is 2. The van der Waals surface area contributed by atoms with Crippen LogP contribution in [0.1, 0.15) is 37.3 Å². The van der Waals surface area contributed by atoms with Gasteiger partial charge in [-0.2, -0.15) is 4.98 Å². The lowest BCUT2D eigenvalue weighted by molar-refractivity contribution is -0.384. The Morgan fingerprint density at radius 3 is 2.63 bits per heavy atom. The first-order valence-corrected chi connectivity index (χ1v) is 9.88. The van der Waals surface area contributed by atoms with Crippen LogP contribution in [0.2, 0.25) is 0 Å². The molecule has 1 aromatic carbocycles. The van der Waals surface area contributed by atoms with Crippen LogP contribution < -0.4 is 16.4 Å². The van der Waals surface area contributed by atoms with Crippen LogP contribution in [0.4, 0.5) is 17.5 Å². The van der Waals surface area contributed by atoms with Crippen LogP contribution in [0, 0.1) is 16.0 Å². The number of nitrogens with two attached hydrogens (primary N) is 1. The molecule has 160 valence electrons. The zero-order valence-electron chi connectivity index (χ0n) is 16.8. The third kappa shape index (κ3) is 5.41. The first-order valence-electron chi connectivity index (χ1n) is 9.88. The van der Waals surface area contributed by atoms with Crippen LogP contribution in [0.5, 0.6) is 0 Å². The summed E-state index contributed by atoms with van der Waals surface area (Å²) in [5, 5.41) is 17.4. The molecule has 30 heavy (non-hydrogen) atoms. The Hall–Kier alpha value is -3.27. The summed E-state index contributed by atoms with van der Waals surface area (Å²) in [5.74, 6) is 0.0659. The zero-order valence-corrected chi connectivity index (χ0v) is 16.8. The van der Waals surface area contributed by atoms with Gasteiger partial charge in [0.25, 0.3) is 0 Å². The van der Waals surface area contributed by atoms with E-state index >= 15 is 0 Å². The molecular formula is C20H26N6O4. The van der Waals surface area contributed by atoms with E-state index in [9.17, 15) is 14.9 Å². The Balaban J connectivity index is 1.78. The van der Waals surface area contributed by atoms with Crippen molar-refractivity contribution in [2.24, 2.45) is 11.7 Å². The predicted molar refractivity (Wildman–Crippen MR) is 112 cm³/mol. The van der Waals surface area contributed by atoms with Crippen molar-refractivity contribution in [1.82, 2.24) is 9.97 Å². The topological polar surface area (TPSA) is 145 Å². The Bertz CT molecular complexity index is 871. The quantitative estimate of drug-likeness (QED) is 0.337. The van der Waals surface area contributed by atoms with Gasteiger partial charge in [0, 0.05) is 12.6 Å². The number of nitrogens with zero attached hydrogens (tertiary/aromatic N) is 3. The number of rotatable bonds is 8. The second kappa shape index (κ2) is 9.97. The molecule has 4 N–H and O–H groups in total. The molecule has 1 aliphatic rings. The third-order valence-electron chi connectivity index (χ3n) is 5.26. The molecule has 1 heterocycles. The molecule has 1 fully saturated rings. The number of carbonyl (C=O) groups excluding carboxylic acids is 1. The molecule has 2 aromatic rings. The summed E-state index contributed by atoms with van der Waals surface area (Å²) in [6, 6.07) is 8.36. The number of benzene rings is 1. The van der Waals surface area contributed by atoms with Gasteiger partial charge in [-0.25, -0.2) is 9.78 Å². The summed E-state index contributed by atoms with van der Waals surface area (Å²) >= 11 is 0. The van der Waals surface area contributed by atoms with Gasteiger partial charge < -0.3 is 21.1 Å². The van der Waals surface area contributed by atoms with E-state index in [2.05, 4.69) is 20.6 Å². The van der Waals surface area contributed by atoms with Crippen molar-refractivity contribution in [1.29, 1.82) is 0 Å². The third-order valence-corrected chi connectivity index (χ3v) is 5.26. The van der Waals surface area contributed by atoms with Gasteiger partial charge in [-0.1, -0.05) is 30.3 Å². The summed E-state index contributed by atoms with van der Waals surface area (Å²) in [4.78, 5) is 31.4. The molecular weight excluding hydrogens is 388 g/mol. The molecule has 0 saturated heterocycles. The van der Waals surface area contributed by atoms with Crippen molar-refractivity contribution in [3.8, 4) is 0 Å². The Labute approximate surface area is 174 Å². The maximum Gasteiger partial charge on any atom is 0.333 e. The minimum Gasteiger partial charge on any atom is -0.467 e. The average molecular weight is 414 g/mol. The first kappa shape index (κ1) is 21.4. The number of hydrogen-bond donors (Lipinski definition) is 3. The highest BCUT2D eigenvalue weighted by Gasteiger charge is 2.25. The van der Waals surface area contributed by atoms with Gasteiger partial charge in [-0.05, 0) is 37.2 Å². The molecule has 1 atom stereocenters. The molecule has 0 aliphatic heterocycles. The number of carbonyl (C=O) groups is 1. The lowest BCUT2D eigenvalue weighted by atomic mass is 9.86. The fourth-order valence-electron chi connectivity index (χ4n) is 3.51. The minimum atomic E-state index is -0.842. The number of methoxy groups -OCH3 is 1. The maximum atomic E-state index is 12.3. The smallest absolute Gasteiger partial charge is 0.333 e. The van der Waals surface area contributed by atoms with Gasteiger partial charge in [-0.3, -0.25) is 10.1 Å². The van der Waals surface area contributed by atoms with Crippen molar-refractivity contribution in [3.63, 3.8) is 0 Å². The van der Waals surface area contributed by atoms with E-state index in [0.29, 0.717) is 18.0 Å². The molecule has 1 aromatic heterocycles. The Morgan fingerprint density at radius 2 is 2.00 bits per heavy atom. The second-order valence-electron chi connectivity index (χ2n) is 7.36. The van der Waals surface area contributed by atoms with Gasteiger partial charge in [0.1, 0.15) is 6.20 Å². The summed E-state index contributed by atoms with van der Waals surface area (Å²) in [6.45, 7) is 0.559. The highest BCUT2D eigenvalue weighted by molar-refractivity contribution is 5.80. The van der Waals surface area contributed by atoms with Crippen LogP contribution in [-0.2, 0) is 9.53 Å². The minimum absolute atomic E-state index is 0.0908. The van der Waals surface area contributed by atoms with Crippen molar-refractivity contribution < 1.29 is 14.5 Å². The van der Waals surface area contributed by atoms with Gasteiger partial charge in [-0.15, -0.1) is 0 Å². The van der Waals surface area contributed by atoms with E-state index in [1.54, 1.807) is 24.3 Å². The SMILES string of the molecule is COC(=O)[C@H](Nc1ncc([N+](=O)[O-])c(NCC2CCC(N)CC2)n1)c1ccccc1. The Morgan fingerprint density at radius 1 is 1.30 bits per heavy atom. The van der Waals surface area contributed by atoms with Gasteiger partial charge >= 0.3 is 11.7 Å². The molecule has 0 radical (unpaired) electrons. The fourth-order valence-corrected chi connectivity index (χ4v) is 3.51. The molecule has 10 heteroatoms. The van der Waals surface area contributed by atoms with Gasteiger partial charge in [0.05, 0.1) is 12.0 Å². The molecule has 3 rings (SSSR count). The summed E-state index contributed by atoms with van der Waals surface area (Å²) in [7, 11) is 1.29. The number of aromatic nitrogens is 2. The molecule has 0 bridgehead atoms. The summed E-state index contributed by atoms with van der Waals surface area (Å²) < 4.78 is 4.88. The summed E-state index contributed by atoms with van der Waals surface area (Å²) in [5.41, 5.74) is 6.39. The largest absolute Gasteiger partial charge is 0.467 e. The fraction of sp³-hybridized carbons (Fsp3) is 0.450. The molecule has 0 unspecified atom stereocenters. The molecule has 1 saturated carbocycles. The summed E-state index contributed by atoms with van der Waals surface area (Å²) in [6.07, 6.45) is 4.97. The van der Waals surface area contributed by atoms with Gasteiger partial charge in [0.2, 0.25) is 11.8 Å². The van der Waals surface area contributed by atoms with Gasteiger partial charge in [0.15, 0.2) is 6.04 Å². The number of esters is 1. The lowest BCUT2D eigenvalue weighted by Crippen LogP contribution is -2.29. The monoisotopic (exact) mass is 414 g/mol. The lowest BCUT2D eigenvalue weighted by Gasteiger charge is -2.26. The second-order valence-corrected chi connectivity index (χ2v) is 7.36. The van der Waals surface area contributed by atoms with E-state index in [4.69, 9.17) is 10.5 Å². The van der Waals surface area contributed by atoms with Crippen LogP contribution in [0.3, 0.4) is 0 Å². The number of ether oxygens (including phenoxy) is 1. The van der Waals surface area contributed by atoms with E-state index in [-0.39, 0.29) is 23.5 Å². The van der Waals surface area contributed by atoms with Crippen molar-refractivity contribution >= 4 is 23.4 Å². The van der Waals surface area contributed by atoms with E-state index in [1.165, 1.54) is 7.11 Å². The zero-order chi connectivity index (χ0) is 21.5. The standard InChI is InChI=1S/C20H26N6O4/c1-30-19(27)17(14-5-3-2-4-6-14)24-20-23-12-16(26(28)29)18(25-20)22-11-13-7-9-15(21)10-8-13/h2-6,12-13,15,17H,7-11,21H2,1H3,(H2,22,23,24,25)/t13?,15?,17-/m1/s1. The van der Waals surface area contributed by atoms with Crippen LogP contribution in [-0.4, -0.2) is 40.6 Å². The van der Waals surface area contributed by atoms with E-state index < -0.39 is 16.9 Å². The van der Waals surface area contributed by atoms with Crippen molar-refractivity contribution in [2.45, 2.75) is 37.8 Å². The Kier molecular flexibility index (Phi) is 7.12.